The first kappa shape index (κ1) is 16.3. The van der Waals surface area contributed by atoms with Crippen LogP contribution in [0.5, 0.6) is 5.75 Å². The lowest BCUT2D eigenvalue weighted by molar-refractivity contribution is -0.115. The van der Waals surface area contributed by atoms with Crippen LogP contribution in [0.2, 0.25) is 5.02 Å². The van der Waals surface area contributed by atoms with Gasteiger partial charge in [0.2, 0.25) is 5.91 Å². The number of rotatable bonds is 6. The summed E-state index contributed by atoms with van der Waals surface area (Å²) in [5.41, 5.74) is 3.04. The summed E-state index contributed by atoms with van der Waals surface area (Å²) < 4.78 is 5.07. The van der Waals surface area contributed by atoms with E-state index in [0.717, 1.165) is 0 Å². The zero-order chi connectivity index (χ0) is 15.9. The number of halogens is 1. The molecule has 0 aliphatic carbocycles. The van der Waals surface area contributed by atoms with Gasteiger partial charge in [-0.15, -0.1) is 0 Å². The van der Waals surface area contributed by atoms with E-state index in [1.54, 1.807) is 25.3 Å². The number of methoxy groups -OCH3 is 1. The number of hydrogen-bond acceptors (Lipinski definition) is 3. The van der Waals surface area contributed by atoms with E-state index >= 15 is 0 Å². The van der Waals surface area contributed by atoms with Gasteiger partial charge >= 0.3 is 0 Å². The Morgan fingerprint density at radius 2 is 2.00 bits per heavy atom. The Balaban J connectivity index is 1.83. The fraction of sp³-hybridized carbons (Fsp3) is 0.235. The smallest absolute Gasteiger partial charge is 0.238 e. The van der Waals surface area contributed by atoms with E-state index < -0.39 is 0 Å². The van der Waals surface area contributed by atoms with Gasteiger partial charge in [-0.25, -0.2) is 0 Å². The fourth-order valence-electron chi connectivity index (χ4n) is 2.07. The first-order valence-electron chi connectivity index (χ1n) is 6.99. The quantitative estimate of drug-likeness (QED) is 0.858. The van der Waals surface area contributed by atoms with Crippen molar-refractivity contribution in [1.29, 1.82) is 0 Å². The topological polar surface area (TPSA) is 50.4 Å². The molecule has 0 unspecified atom stereocenters. The Bertz CT molecular complexity index is 659. The maximum atomic E-state index is 11.9. The van der Waals surface area contributed by atoms with E-state index in [9.17, 15) is 4.79 Å². The fourth-order valence-corrected chi connectivity index (χ4v) is 2.33. The van der Waals surface area contributed by atoms with Crippen molar-refractivity contribution in [3.8, 4) is 5.75 Å². The van der Waals surface area contributed by atoms with Gasteiger partial charge < -0.3 is 15.4 Å². The molecule has 4 nitrogen and oxygen atoms in total. The molecule has 2 rings (SSSR count). The number of anilines is 1. The molecule has 5 heteroatoms. The number of amides is 1. The third-order valence-electron chi connectivity index (χ3n) is 3.30. The predicted octanol–water partition coefficient (Wildman–Crippen LogP) is 3.39. The second-order valence-electron chi connectivity index (χ2n) is 4.93. The highest BCUT2D eigenvalue weighted by atomic mass is 35.5. The molecule has 2 aromatic rings. The number of ether oxygens (including phenoxy) is 1. The van der Waals surface area contributed by atoms with Crippen LogP contribution in [0.15, 0.2) is 42.5 Å². The van der Waals surface area contributed by atoms with Crippen LogP contribution < -0.4 is 15.4 Å². The van der Waals surface area contributed by atoms with Gasteiger partial charge in [0.25, 0.3) is 0 Å². The summed E-state index contributed by atoms with van der Waals surface area (Å²) in [7, 11) is 1.55. The van der Waals surface area contributed by atoms with Crippen molar-refractivity contribution in [2.24, 2.45) is 0 Å². The average Bonchev–Trinajstić information content (AvgIpc) is 2.49. The number of hydrogen-bond donors (Lipinski definition) is 2. The Kier molecular flexibility index (Phi) is 5.81. The molecule has 0 aliphatic rings. The van der Waals surface area contributed by atoms with Crippen LogP contribution in [0.25, 0.3) is 0 Å². The molecule has 0 aromatic heterocycles. The van der Waals surface area contributed by atoms with E-state index in [1.807, 2.05) is 18.2 Å². The van der Waals surface area contributed by atoms with Crippen molar-refractivity contribution in [3.63, 3.8) is 0 Å². The van der Waals surface area contributed by atoms with Crippen LogP contribution in [0.3, 0.4) is 0 Å². The molecule has 2 aromatic carbocycles. The lowest BCUT2D eigenvalue weighted by Gasteiger charge is -2.10. The van der Waals surface area contributed by atoms with E-state index in [4.69, 9.17) is 16.3 Å². The Hall–Kier alpha value is -2.04. The molecule has 0 spiro atoms. The van der Waals surface area contributed by atoms with Gasteiger partial charge in [-0.1, -0.05) is 35.9 Å². The molecule has 1 amide bonds. The number of aryl methyl sites for hydroxylation is 1. The molecular weight excluding hydrogens is 300 g/mol. The Labute approximate surface area is 135 Å². The third kappa shape index (κ3) is 4.48. The van der Waals surface area contributed by atoms with Crippen molar-refractivity contribution >= 4 is 23.2 Å². The molecule has 0 atom stereocenters. The summed E-state index contributed by atoms with van der Waals surface area (Å²) in [5, 5.41) is 6.39. The van der Waals surface area contributed by atoms with Gasteiger partial charge in [0.15, 0.2) is 0 Å². The summed E-state index contributed by atoms with van der Waals surface area (Å²) in [6, 6.07) is 13.2. The minimum atomic E-state index is -0.116. The maximum absolute atomic E-state index is 11.9. The summed E-state index contributed by atoms with van der Waals surface area (Å²) >= 11 is 6.02. The summed E-state index contributed by atoms with van der Waals surface area (Å²) in [6.45, 7) is 2.94. The largest absolute Gasteiger partial charge is 0.495 e. The normalized spacial score (nSPS) is 10.3. The summed E-state index contributed by atoms with van der Waals surface area (Å²) in [5.74, 6) is 0.465. The molecule has 0 saturated heterocycles. The standard InChI is InChI=1S/C17H19ClN2O2/c1-12-5-3-4-6-13(12)10-19-11-17(21)20-14-7-8-16(22-2)15(18)9-14/h3-9,19H,10-11H2,1-2H3,(H,20,21). The van der Waals surface area contributed by atoms with Crippen LogP contribution >= 0.6 is 11.6 Å². The Morgan fingerprint density at radius 3 is 2.68 bits per heavy atom. The van der Waals surface area contributed by atoms with Crippen LogP contribution in [0.1, 0.15) is 11.1 Å². The molecule has 0 bridgehead atoms. The molecule has 2 N–H and O–H groups in total. The van der Waals surface area contributed by atoms with Crippen molar-refractivity contribution in [3.05, 3.63) is 58.6 Å². The SMILES string of the molecule is COc1ccc(NC(=O)CNCc2ccccc2C)cc1Cl. The number of nitrogens with one attached hydrogen (secondary N) is 2. The third-order valence-corrected chi connectivity index (χ3v) is 3.59. The van der Waals surface area contributed by atoms with E-state index in [-0.39, 0.29) is 12.5 Å². The van der Waals surface area contributed by atoms with E-state index in [0.29, 0.717) is 23.0 Å². The van der Waals surface area contributed by atoms with Crippen molar-refractivity contribution < 1.29 is 9.53 Å². The molecular formula is C17H19ClN2O2. The molecule has 22 heavy (non-hydrogen) atoms. The average molecular weight is 319 g/mol. The van der Waals surface area contributed by atoms with E-state index in [2.05, 4.69) is 23.6 Å². The molecule has 0 aliphatic heterocycles. The highest BCUT2D eigenvalue weighted by Gasteiger charge is 2.06. The summed E-state index contributed by atoms with van der Waals surface area (Å²) in [6.07, 6.45) is 0. The van der Waals surface area contributed by atoms with Crippen LogP contribution in [0, 0.1) is 6.92 Å². The first-order valence-corrected chi connectivity index (χ1v) is 7.36. The van der Waals surface area contributed by atoms with Gasteiger partial charge in [0, 0.05) is 12.2 Å². The molecule has 0 heterocycles. The molecule has 0 fully saturated rings. The zero-order valence-electron chi connectivity index (χ0n) is 12.7. The van der Waals surface area contributed by atoms with Gasteiger partial charge in [0.1, 0.15) is 5.75 Å². The second kappa shape index (κ2) is 7.82. The van der Waals surface area contributed by atoms with Gasteiger partial charge in [-0.05, 0) is 36.2 Å². The van der Waals surface area contributed by atoms with Crippen molar-refractivity contribution in [1.82, 2.24) is 5.32 Å². The lowest BCUT2D eigenvalue weighted by atomic mass is 10.1. The van der Waals surface area contributed by atoms with Crippen LogP contribution in [-0.4, -0.2) is 19.6 Å². The second-order valence-corrected chi connectivity index (χ2v) is 5.33. The number of carbonyl (C=O) groups excluding carboxylic acids is 1. The minimum Gasteiger partial charge on any atom is -0.495 e. The highest BCUT2D eigenvalue weighted by Crippen LogP contribution is 2.27. The van der Waals surface area contributed by atoms with Crippen molar-refractivity contribution in [2.75, 3.05) is 19.0 Å². The van der Waals surface area contributed by atoms with Gasteiger partial charge in [-0.2, -0.15) is 0 Å². The van der Waals surface area contributed by atoms with Gasteiger partial charge in [0.05, 0.1) is 18.7 Å². The number of carbonyl (C=O) groups is 1. The molecule has 0 saturated carbocycles. The Morgan fingerprint density at radius 1 is 1.23 bits per heavy atom. The summed E-state index contributed by atoms with van der Waals surface area (Å²) in [4.78, 5) is 11.9. The van der Waals surface area contributed by atoms with Crippen LogP contribution in [0.4, 0.5) is 5.69 Å². The monoisotopic (exact) mass is 318 g/mol. The zero-order valence-corrected chi connectivity index (χ0v) is 13.4. The first-order chi connectivity index (χ1) is 10.6. The van der Waals surface area contributed by atoms with E-state index in [1.165, 1.54) is 11.1 Å². The maximum Gasteiger partial charge on any atom is 0.238 e. The number of benzene rings is 2. The predicted molar refractivity (Wildman–Crippen MR) is 89.5 cm³/mol. The van der Waals surface area contributed by atoms with Crippen molar-refractivity contribution in [2.45, 2.75) is 13.5 Å². The van der Waals surface area contributed by atoms with Gasteiger partial charge in [-0.3, -0.25) is 4.79 Å². The highest BCUT2D eigenvalue weighted by molar-refractivity contribution is 6.32. The lowest BCUT2D eigenvalue weighted by Crippen LogP contribution is -2.27. The minimum absolute atomic E-state index is 0.116. The van der Waals surface area contributed by atoms with Crippen LogP contribution in [-0.2, 0) is 11.3 Å². The molecule has 116 valence electrons. The molecule has 0 radical (unpaired) electrons.